The van der Waals surface area contributed by atoms with E-state index < -0.39 is 0 Å². The lowest BCUT2D eigenvalue weighted by Crippen LogP contribution is -2.47. The van der Waals surface area contributed by atoms with Crippen LogP contribution in [0.2, 0.25) is 0 Å². The average molecular weight is 298 g/mol. The van der Waals surface area contributed by atoms with E-state index in [2.05, 4.69) is 10.3 Å². The zero-order valence-electron chi connectivity index (χ0n) is 13.1. The molecule has 3 rings (SSSR count). The summed E-state index contributed by atoms with van der Waals surface area (Å²) in [7, 11) is 1.96. The van der Waals surface area contributed by atoms with Crippen LogP contribution in [0.4, 0.5) is 0 Å². The van der Waals surface area contributed by atoms with Crippen molar-refractivity contribution >= 4 is 5.91 Å². The van der Waals surface area contributed by atoms with Crippen LogP contribution in [-0.4, -0.2) is 46.5 Å². The first-order chi connectivity index (χ1) is 10.7. The fourth-order valence-corrected chi connectivity index (χ4v) is 3.02. The number of nitrogens with one attached hydrogen (secondary N) is 1. The maximum absolute atomic E-state index is 13.0. The highest BCUT2D eigenvalue weighted by Gasteiger charge is 2.25. The van der Waals surface area contributed by atoms with Gasteiger partial charge in [-0.25, -0.2) is 4.98 Å². The highest BCUT2D eigenvalue weighted by Crippen LogP contribution is 2.21. The molecule has 1 aliphatic rings. The fraction of sp³-hybridized carbons (Fsp3) is 0.412. The van der Waals surface area contributed by atoms with Crippen LogP contribution in [0.5, 0.6) is 0 Å². The van der Waals surface area contributed by atoms with E-state index in [1.54, 1.807) is 12.5 Å². The van der Waals surface area contributed by atoms with Crippen LogP contribution < -0.4 is 5.32 Å². The molecule has 5 nitrogen and oxygen atoms in total. The minimum absolute atomic E-state index is 0.104. The van der Waals surface area contributed by atoms with Crippen LogP contribution in [-0.2, 0) is 0 Å². The van der Waals surface area contributed by atoms with E-state index >= 15 is 0 Å². The molecule has 0 bridgehead atoms. The van der Waals surface area contributed by atoms with Gasteiger partial charge in [0.1, 0.15) is 0 Å². The van der Waals surface area contributed by atoms with Gasteiger partial charge in [0, 0.05) is 31.5 Å². The maximum Gasteiger partial charge on any atom is 0.256 e. The Morgan fingerprint density at radius 1 is 1.41 bits per heavy atom. The van der Waals surface area contributed by atoms with E-state index in [0.717, 1.165) is 42.7 Å². The third-order valence-corrected chi connectivity index (χ3v) is 4.28. The molecule has 1 N–H and O–H groups in total. The van der Waals surface area contributed by atoms with Crippen molar-refractivity contribution in [2.45, 2.75) is 25.8 Å². The van der Waals surface area contributed by atoms with Gasteiger partial charge in [0.2, 0.25) is 0 Å². The van der Waals surface area contributed by atoms with Crippen LogP contribution in [0.25, 0.3) is 5.69 Å². The highest BCUT2D eigenvalue weighted by molar-refractivity contribution is 5.98. The zero-order valence-corrected chi connectivity index (χ0v) is 13.1. The van der Waals surface area contributed by atoms with Crippen LogP contribution in [0.3, 0.4) is 0 Å². The van der Waals surface area contributed by atoms with Gasteiger partial charge in [-0.3, -0.25) is 4.79 Å². The molecule has 0 spiro atoms. The topological polar surface area (TPSA) is 50.2 Å². The number of piperidine rings is 1. The van der Waals surface area contributed by atoms with Crippen molar-refractivity contribution in [1.82, 2.24) is 19.8 Å². The van der Waals surface area contributed by atoms with Crippen molar-refractivity contribution in [3.8, 4) is 5.69 Å². The van der Waals surface area contributed by atoms with Crippen LogP contribution >= 0.6 is 0 Å². The van der Waals surface area contributed by atoms with E-state index in [0.29, 0.717) is 6.04 Å². The molecule has 1 aromatic carbocycles. The number of hydrogen-bond donors (Lipinski definition) is 1. The number of rotatable bonds is 3. The Hall–Kier alpha value is -2.14. The quantitative estimate of drug-likeness (QED) is 0.943. The number of carbonyl (C=O) groups is 1. The van der Waals surface area contributed by atoms with Gasteiger partial charge >= 0.3 is 0 Å². The number of amides is 1. The summed E-state index contributed by atoms with van der Waals surface area (Å²) in [6, 6.07) is 6.38. The number of imidazole rings is 1. The summed E-state index contributed by atoms with van der Waals surface area (Å²) in [6.07, 6.45) is 7.50. The Labute approximate surface area is 131 Å². The van der Waals surface area contributed by atoms with Gasteiger partial charge in [-0.2, -0.15) is 0 Å². The molecule has 1 unspecified atom stereocenters. The van der Waals surface area contributed by atoms with Crippen LogP contribution in [0, 0.1) is 6.92 Å². The molecular weight excluding hydrogens is 276 g/mol. The summed E-state index contributed by atoms with van der Waals surface area (Å²) in [5, 5.41) is 3.28. The molecule has 0 saturated carbocycles. The SMILES string of the molecule is CNC1CCCN(C(=O)c2cc(C)ccc2-n2ccnc2)C1. The van der Waals surface area contributed by atoms with Crippen molar-refractivity contribution < 1.29 is 4.79 Å². The molecule has 1 fully saturated rings. The number of carbonyl (C=O) groups excluding carboxylic acids is 1. The van der Waals surface area contributed by atoms with Gasteiger partial charge in [0.25, 0.3) is 5.91 Å². The maximum atomic E-state index is 13.0. The first-order valence-electron chi connectivity index (χ1n) is 7.74. The van der Waals surface area contributed by atoms with Gasteiger partial charge in [0.15, 0.2) is 0 Å². The Morgan fingerprint density at radius 3 is 3.00 bits per heavy atom. The number of likely N-dealkylation sites (N-methyl/N-ethyl adjacent to an activating group) is 1. The van der Waals surface area contributed by atoms with Gasteiger partial charge in [0.05, 0.1) is 17.6 Å². The Balaban J connectivity index is 1.93. The Morgan fingerprint density at radius 2 is 2.27 bits per heavy atom. The number of benzene rings is 1. The molecular formula is C17H22N4O. The summed E-state index contributed by atoms with van der Waals surface area (Å²) >= 11 is 0. The molecule has 1 amide bonds. The van der Waals surface area contributed by atoms with Crippen molar-refractivity contribution in [1.29, 1.82) is 0 Å². The van der Waals surface area contributed by atoms with Crippen molar-refractivity contribution in [3.05, 3.63) is 48.0 Å². The van der Waals surface area contributed by atoms with Crippen LogP contribution in [0.1, 0.15) is 28.8 Å². The molecule has 0 aliphatic carbocycles. The third kappa shape index (κ3) is 2.90. The second-order valence-electron chi connectivity index (χ2n) is 5.87. The largest absolute Gasteiger partial charge is 0.337 e. The van der Waals surface area contributed by atoms with Gasteiger partial charge in [-0.05, 0) is 38.9 Å². The van der Waals surface area contributed by atoms with E-state index in [1.807, 2.05) is 47.8 Å². The second-order valence-corrected chi connectivity index (χ2v) is 5.87. The number of aryl methyl sites for hydroxylation is 1. The molecule has 2 aromatic rings. The molecule has 2 heterocycles. The van der Waals surface area contributed by atoms with Crippen molar-refractivity contribution in [2.24, 2.45) is 0 Å². The first kappa shape index (κ1) is 14.8. The fourth-order valence-electron chi connectivity index (χ4n) is 3.02. The molecule has 22 heavy (non-hydrogen) atoms. The lowest BCUT2D eigenvalue weighted by molar-refractivity contribution is 0.0698. The molecule has 1 atom stereocenters. The van der Waals surface area contributed by atoms with Gasteiger partial charge < -0.3 is 14.8 Å². The Bertz CT molecular complexity index is 651. The molecule has 1 aliphatic heterocycles. The van der Waals surface area contributed by atoms with Crippen LogP contribution in [0.15, 0.2) is 36.9 Å². The van der Waals surface area contributed by atoms with Gasteiger partial charge in [-0.15, -0.1) is 0 Å². The third-order valence-electron chi connectivity index (χ3n) is 4.28. The monoisotopic (exact) mass is 298 g/mol. The number of nitrogens with zero attached hydrogens (tertiary/aromatic N) is 3. The average Bonchev–Trinajstić information content (AvgIpc) is 3.08. The predicted molar refractivity (Wildman–Crippen MR) is 86.3 cm³/mol. The predicted octanol–water partition coefficient (Wildman–Crippen LogP) is 2.00. The normalized spacial score (nSPS) is 18.5. The van der Waals surface area contributed by atoms with E-state index in [1.165, 1.54) is 0 Å². The van der Waals surface area contributed by atoms with E-state index in [9.17, 15) is 4.79 Å². The molecule has 116 valence electrons. The number of likely N-dealkylation sites (tertiary alicyclic amines) is 1. The number of hydrogen-bond acceptors (Lipinski definition) is 3. The summed E-state index contributed by atoms with van der Waals surface area (Å²) in [5.74, 6) is 0.104. The first-order valence-corrected chi connectivity index (χ1v) is 7.74. The summed E-state index contributed by atoms with van der Waals surface area (Å²) in [4.78, 5) is 19.0. The minimum Gasteiger partial charge on any atom is -0.337 e. The van der Waals surface area contributed by atoms with Crippen molar-refractivity contribution in [2.75, 3.05) is 20.1 Å². The second kappa shape index (κ2) is 6.32. The number of aromatic nitrogens is 2. The van der Waals surface area contributed by atoms with E-state index in [-0.39, 0.29) is 5.91 Å². The smallest absolute Gasteiger partial charge is 0.256 e. The Kier molecular flexibility index (Phi) is 4.24. The van der Waals surface area contributed by atoms with E-state index in [4.69, 9.17) is 0 Å². The molecule has 5 heteroatoms. The summed E-state index contributed by atoms with van der Waals surface area (Å²) < 4.78 is 1.90. The summed E-state index contributed by atoms with van der Waals surface area (Å²) in [5.41, 5.74) is 2.73. The van der Waals surface area contributed by atoms with Gasteiger partial charge in [-0.1, -0.05) is 11.6 Å². The lowest BCUT2D eigenvalue weighted by atomic mass is 10.0. The summed E-state index contributed by atoms with van der Waals surface area (Å²) in [6.45, 7) is 3.61. The highest BCUT2D eigenvalue weighted by atomic mass is 16.2. The van der Waals surface area contributed by atoms with Crippen molar-refractivity contribution in [3.63, 3.8) is 0 Å². The molecule has 1 aromatic heterocycles. The molecule has 0 radical (unpaired) electrons. The zero-order chi connectivity index (χ0) is 15.5. The minimum atomic E-state index is 0.104. The standard InChI is InChI=1S/C17H22N4O/c1-13-5-6-16(21-9-7-19-12-21)15(10-13)17(22)20-8-3-4-14(11-20)18-2/h5-7,9-10,12,14,18H,3-4,8,11H2,1-2H3. The molecule has 1 saturated heterocycles. The lowest BCUT2D eigenvalue weighted by Gasteiger charge is -2.33.